The van der Waals surface area contributed by atoms with Crippen molar-refractivity contribution in [1.29, 1.82) is 0 Å². The minimum Gasteiger partial charge on any atom is -0.480 e. The van der Waals surface area contributed by atoms with E-state index in [9.17, 15) is 9.90 Å². The minimum atomic E-state index is -0.655. The molecule has 0 amide bonds. The van der Waals surface area contributed by atoms with Gasteiger partial charge in [-0.2, -0.15) is 0 Å². The van der Waals surface area contributed by atoms with Gasteiger partial charge in [-0.25, -0.2) is 0 Å². The smallest absolute Gasteiger partial charge is 0.323 e. The largest absolute Gasteiger partial charge is 0.480 e. The lowest BCUT2D eigenvalue weighted by Gasteiger charge is -2.36. The van der Waals surface area contributed by atoms with Crippen LogP contribution in [-0.4, -0.2) is 58.1 Å². The number of likely N-dealkylation sites (tertiary alicyclic amines) is 2. The van der Waals surface area contributed by atoms with Crippen LogP contribution in [0.15, 0.2) is 0 Å². The van der Waals surface area contributed by atoms with E-state index >= 15 is 0 Å². The number of hydrogen-bond donors (Lipinski definition) is 1. The number of carboxylic acid groups (broad SMARTS) is 1. The molecule has 17 heavy (non-hydrogen) atoms. The zero-order chi connectivity index (χ0) is 12.6. The van der Waals surface area contributed by atoms with E-state index in [0.717, 1.165) is 38.9 Å². The first kappa shape index (κ1) is 12.8. The zero-order valence-electron chi connectivity index (χ0n) is 11.1. The highest BCUT2D eigenvalue weighted by molar-refractivity contribution is 5.78. The molecule has 0 aromatic rings. The lowest BCUT2D eigenvalue weighted by molar-refractivity contribution is -0.149. The van der Waals surface area contributed by atoms with Crippen LogP contribution >= 0.6 is 0 Å². The summed E-state index contributed by atoms with van der Waals surface area (Å²) in [6.45, 7) is 9.39. The van der Waals surface area contributed by atoms with E-state index in [2.05, 4.69) is 23.6 Å². The van der Waals surface area contributed by atoms with Crippen LogP contribution in [0.1, 0.15) is 40.0 Å². The normalized spacial score (nSPS) is 35.9. The van der Waals surface area contributed by atoms with Gasteiger partial charge in [0.15, 0.2) is 0 Å². The van der Waals surface area contributed by atoms with E-state index in [1.54, 1.807) is 0 Å². The molecule has 2 aliphatic rings. The van der Waals surface area contributed by atoms with Gasteiger partial charge in [0, 0.05) is 25.2 Å². The second-order valence-electron chi connectivity index (χ2n) is 5.91. The van der Waals surface area contributed by atoms with Crippen LogP contribution in [0.2, 0.25) is 0 Å². The highest BCUT2D eigenvalue weighted by Crippen LogP contribution is 2.34. The van der Waals surface area contributed by atoms with Crippen LogP contribution in [0, 0.1) is 0 Å². The number of carbonyl (C=O) groups is 1. The molecule has 2 fully saturated rings. The first-order valence-electron chi connectivity index (χ1n) is 6.69. The highest BCUT2D eigenvalue weighted by atomic mass is 16.4. The molecule has 0 aromatic heterocycles. The third kappa shape index (κ3) is 2.20. The van der Waals surface area contributed by atoms with Crippen molar-refractivity contribution in [2.45, 2.75) is 57.7 Å². The topological polar surface area (TPSA) is 43.8 Å². The van der Waals surface area contributed by atoms with Crippen molar-refractivity contribution in [3.05, 3.63) is 0 Å². The Labute approximate surface area is 104 Å². The average Bonchev–Trinajstić information content (AvgIpc) is 2.83. The Bertz CT molecular complexity index is 306. The molecule has 2 rings (SSSR count). The summed E-state index contributed by atoms with van der Waals surface area (Å²) in [5.41, 5.74) is -0.627. The molecule has 4 nitrogen and oxygen atoms in total. The van der Waals surface area contributed by atoms with Gasteiger partial charge in [-0.1, -0.05) is 0 Å². The molecule has 4 heteroatoms. The molecule has 0 aromatic carbocycles. The van der Waals surface area contributed by atoms with Gasteiger partial charge < -0.3 is 5.11 Å². The first-order valence-corrected chi connectivity index (χ1v) is 6.69. The zero-order valence-corrected chi connectivity index (χ0v) is 11.1. The van der Waals surface area contributed by atoms with E-state index in [4.69, 9.17) is 0 Å². The summed E-state index contributed by atoms with van der Waals surface area (Å²) in [5, 5.41) is 9.42. The molecule has 2 unspecified atom stereocenters. The second kappa shape index (κ2) is 4.58. The molecule has 0 spiro atoms. The molecule has 2 heterocycles. The number of hydrogen-bond acceptors (Lipinski definition) is 3. The molecule has 2 saturated heterocycles. The molecular weight excluding hydrogens is 216 g/mol. The molecule has 98 valence electrons. The Morgan fingerprint density at radius 1 is 1.41 bits per heavy atom. The van der Waals surface area contributed by atoms with Crippen molar-refractivity contribution in [2.75, 3.05) is 19.6 Å². The van der Waals surface area contributed by atoms with Crippen molar-refractivity contribution in [3.8, 4) is 0 Å². The van der Waals surface area contributed by atoms with Crippen molar-refractivity contribution in [3.63, 3.8) is 0 Å². The van der Waals surface area contributed by atoms with Gasteiger partial charge >= 0.3 is 5.97 Å². The number of rotatable bonds is 3. The fourth-order valence-electron chi connectivity index (χ4n) is 3.29. The predicted molar refractivity (Wildman–Crippen MR) is 67.1 cm³/mol. The van der Waals surface area contributed by atoms with Crippen molar-refractivity contribution >= 4 is 5.97 Å². The van der Waals surface area contributed by atoms with Gasteiger partial charge in [-0.05, 0) is 46.6 Å². The van der Waals surface area contributed by atoms with Crippen LogP contribution in [0.4, 0.5) is 0 Å². The SMILES string of the molecule is CC(C)N1CCC(N2CCCC2(C)C(=O)O)C1. The summed E-state index contributed by atoms with van der Waals surface area (Å²) >= 11 is 0. The van der Waals surface area contributed by atoms with Crippen molar-refractivity contribution < 1.29 is 9.90 Å². The van der Waals surface area contributed by atoms with E-state index in [0.29, 0.717) is 12.1 Å². The fourth-order valence-corrected chi connectivity index (χ4v) is 3.29. The maximum atomic E-state index is 11.5. The molecule has 0 saturated carbocycles. The maximum absolute atomic E-state index is 11.5. The van der Waals surface area contributed by atoms with E-state index in [1.807, 2.05) is 6.92 Å². The van der Waals surface area contributed by atoms with Gasteiger partial charge in [0.2, 0.25) is 0 Å². The third-order valence-electron chi connectivity index (χ3n) is 4.52. The summed E-state index contributed by atoms with van der Waals surface area (Å²) < 4.78 is 0. The molecule has 2 aliphatic heterocycles. The van der Waals surface area contributed by atoms with Crippen molar-refractivity contribution in [1.82, 2.24) is 9.80 Å². The van der Waals surface area contributed by atoms with Gasteiger partial charge in [-0.15, -0.1) is 0 Å². The monoisotopic (exact) mass is 240 g/mol. The predicted octanol–water partition coefficient (Wildman–Crippen LogP) is 1.41. The molecule has 1 N–H and O–H groups in total. The number of aliphatic carboxylic acids is 1. The summed E-state index contributed by atoms with van der Waals surface area (Å²) in [6, 6.07) is 1.000. The van der Waals surface area contributed by atoms with Crippen LogP contribution < -0.4 is 0 Å². The number of nitrogens with zero attached hydrogens (tertiary/aromatic N) is 2. The fraction of sp³-hybridized carbons (Fsp3) is 0.923. The molecule has 0 aliphatic carbocycles. The average molecular weight is 240 g/mol. The van der Waals surface area contributed by atoms with Gasteiger partial charge in [-0.3, -0.25) is 14.6 Å². The Balaban J connectivity index is 2.06. The summed E-state index contributed by atoms with van der Waals surface area (Å²) in [7, 11) is 0. The quantitative estimate of drug-likeness (QED) is 0.810. The second-order valence-corrected chi connectivity index (χ2v) is 5.91. The van der Waals surface area contributed by atoms with E-state index in [1.165, 1.54) is 0 Å². The van der Waals surface area contributed by atoms with Crippen LogP contribution in [0.25, 0.3) is 0 Å². The van der Waals surface area contributed by atoms with Crippen LogP contribution in [0.5, 0.6) is 0 Å². The Morgan fingerprint density at radius 3 is 2.65 bits per heavy atom. The minimum absolute atomic E-state index is 0.431. The maximum Gasteiger partial charge on any atom is 0.323 e. The summed E-state index contributed by atoms with van der Waals surface area (Å²) in [5.74, 6) is -0.655. The highest BCUT2D eigenvalue weighted by Gasteiger charge is 2.47. The Hall–Kier alpha value is -0.610. The van der Waals surface area contributed by atoms with Gasteiger partial charge in [0.05, 0.1) is 0 Å². The lowest BCUT2D eigenvalue weighted by Crippen LogP contribution is -2.53. The van der Waals surface area contributed by atoms with Gasteiger partial charge in [0.25, 0.3) is 0 Å². The number of carboxylic acids is 1. The van der Waals surface area contributed by atoms with Crippen molar-refractivity contribution in [2.24, 2.45) is 0 Å². The molecular formula is C13H24N2O2. The van der Waals surface area contributed by atoms with E-state index in [-0.39, 0.29) is 0 Å². The Kier molecular flexibility index (Phi) is 3.46. The summed E-state index contributed by atoms with van der Waals surface area (Å²) in [6.07, 6.45) is 2.92. The third-order valence-corrected chi connectivity index (χ3v) is 4.52. The first-order chi connectivity index (χ1) is 7.95. The molecule has 0 radical (unpaired) electrons. The van der Waals surface area contributed by atoms with Crippen LogP contribution in [-0.2, 0) is 4.79 Å². The van der Waals surface area contributed by atoms with Gasteiger partial charge in [0.1, 0.15) is 5.54 Å². The van der Waals surface area contributed by atoms with Crippen LogP contribution in [0.3, 0.4) is 0 Å². The summed E-state index contributed by atoms with van der Waals surface area (Å²) in [4.78, 5) is 16.1. The lowest BCUT2D eigenvalue weighted by atomic mass is 9.97. The van der Waals surface area contributed by atoms with E-state index < -0.39 is 11.5 Å². The molecule has 2 atom stereocenters. The Morgan fingerprint density at radius 2 is 2.12 bits per heavy atom. The standard InChI is InChI=1S/C13H24N2O2/c1-10(2)14-8-5-11(9-14)15-7-4-6-13(15,3)12(16)17/h10-11H,4-9H2,1-3H3,(H,16,17). The molecule has 0 bridgehead atoms.